The summed E-state index contributed by atoms with van der Waals surface area (Å²) < 4.78 is 11.7. The third-order valence-corrected chi connectivity index (χ3v) is 10.4. The third-order valence-electron chi connectivity index (χ3n) is 10.4. The van der Waals surface area contributed by atoms with Gasteiger partial charge in [0.05, 0.1) is 18.7 Å². The van der Waals surface area contributed by atoms with E-state index in [1.807, 2.05) is 36.4 Å². The second-order valence-corrected chi connectivity index (χ2v) is 14.2. The number of aromatic amines is 1. The topological polar surface area (TPSA) is 150 Å². The van der Waals surface area contributed by atoms with E-state index in [0.717, 1.165) is 89.4 Å². The molecule has 0 bridgehead atoms. The molecule has 1 unspecified atom stereocenters. The molecule has 1 saturated carbocycles. The molecule has 2 fully saturated rings. The number of nitrogens with one attached hydrogen (secondary N) is 2. The average Bonchev–Trinajstić information content (AvgIpc) is 3.14. The largest absolute Gasteiger partial charge is 0.506 e. The smallest absolute Gasteiger partial charge is 0.343 e. The fourth-order valence-corrected chi connectivity index (χ4v) is 7.46. The molecule has 272 valence electrons. The summed E-state index contributed by atoms with van der Waals surface area (Å²) in [4.78, 5) is 30.7. The van der Waals surface area contributed by atoms with Crippen molar-refractivity contribution < 1.29 is 24.5 Å². The SMILES string of the molecule is CC(=CCCN1CCC(COC(=O)C(O)(c2ccccc2)C2CCCCC2)CC1)COCCCNC[C@H](N)c1cc(=O)[nH]c2c(O)cccc12. The first kappa shape index (κ1) is 37.7. The Morgan fingerprint density at radius 2 is 1.86 bits per heavy atom. The summed E-state index contributed by atoms with van der Waals surface area (Å²) in [6.45, 7) is 7.91. The number of phenols is 1. The number of hydrogen-bond acceptors (Lipinski definition) is 9. The van der Waals surface area contributed by atoms with Crippen LogP contribution >= 0.6 is 0 Å². The van der Waals surface area contributed by atoms with Gasteiger partial charge in [-0.05, 0) is 88.2 Å². The molecule has 2 heterocycles. The number of esters is 1. The molecule has 0 radical (unpaired) electrons. The second kappa shape index (κ2) is 18.6. The quantitative estimate of drug-likeness (QED) is 0.0725. The van der Waals surface area contributed by atoms with Crippen molar-refractivity contribution >= 4 is 16.9 Å². The van der Waals surface area contributed by atoms with E-state index in [2.05, 4.69) is 28.2 Å². The van der Waals surface area contributed by atoms with Crippen LogP contribution in [0.2, 0.25) is 0 Å². The van der Waals surface area contributed by atoms with Crippen LogP contribution < -0.4 is 16.6 Å². The molecule has 10 heteroatoms. The number of hydrogen-bond donors (Lipinski definition) is 5. The van der Waals surface area contributed by atoms with Gasteiger partial charge >= 0.3 is 5.97 Å². The Hall–Kier alpha value is -3.54. The summed E-state index contributed by atoms with van der Waals surface area (Å²) in [6, 6.07) is 15.6. The number of carbonyl (C=O) groups is 1. The van der Waals surface area contributed by atoms with Gasteiger partial charge in [-0.3, -0.25) is 4.79 Å². The minimum atomic E-state index is -1.57. The van der Waals surface area contributed by atoms with Gasteiger partial charge in [-0.2, -0.15) is 0 Å². The lowest BCUT2D eigenvalue weighted by Crippen LogP contribution is -2.46. The molecular weight excluding hydrogens is 632 g/mol. The zero-order valence-corrected chi connectivity index (χ0v) is 29.6. The average molecular weight is 689 g/mol. The number of aromatic hydroxyl groups is 1. The van der Waals surface area contributed by atoms with Crippen LogP contribution in [0.3, 0.4) is 0 Å². The van der Waals surface area contributed by atoms with E-state index in [1.54, 1.807) is 12.1 Å². The fourth-order valence-electron chi connectivity index (χ4n) is 7.46. The molecule has 2 atom stereocenters. The first-order valence-corrected chi connectivity index (χ1v) is 18.5. The summed E-state index contributed by atoms with van der Waals surface area (Å²) >= 11 is 0. The van der Waals surface area contributed by atoms with Crippen LogP contribution in [0.1, 0.15) is 81.9 Å². The van der Waals surface area contributed by atoms with Crippen LogP contribution in [-0.2, 0) is 19.9 Å². The lowest BCUT2D eigenvalue weighted by molar-refractivity contribution is -0.177. The lowest BCUT2D eigenvalue weighted by Gasteiger charge is -2.37. The number of aromatic nitrogens is 1. The maximum absolute atomic E-state index is 13.4. The van der Waals surface area contributed by atoms with Crippen molar-refractivity contribution in [2.24, 2.45) is 17.6 Å². The van der Waals surface area contributed by atoms with Gasteiger partial charge in [0.25, 0.3) is 0 Å². The summed E-state index contributed by atoms with van der Waals surface area (Å²) in [6.07, 6.45) is 10.9. The Balaban J connectivity index is 0.935. The highest BCUT2D eigenvalue weighted by Gasteiger charge is 2.47. The van der Waals surface area contributed by atoms with Gasteiger partial charge in [0.1, 0.15) is 5.75 Å². The standard InChI is InChI=1S/C40H56N4O6/c1-29(27-49-24-10-20-42-26-35(41)34-25-37(46)43-38-33(34)16-8-17-36(38)45)11-9-21-44-22-18-30(19-23-44)28-50-39(47)40(48,31-12-4-2-5-13-31)32-14-6-3-7-15-32/h2,4-5,8,11-13,16-17,25,30,32,35,42,45,48H,3,6-7,9-10,14-15,18-24,26-28,41H2,1H3,(H,43,46)/t35-,40?/m0/s1. The number of likely N-dealkylation sites (tertiary alicyclic amines) is 1. The van der Waals surface area contributed by atoms with Gasteiger partial charge < -0.3 is 40.6 Å². The van der Waals surface area contributed by atoms with E-state index >= 15 is 0 Å². The van der Waals surface area contributed by atoms with Gasteiger partial charge in [0, 0.05) is 43.1 Å². The van der Waals surface area contributed by atoms with Crippen molar-refractivity contribution in [3.8, 4) is 5.75 Å². The Morgan fingerprint density at radius 3 is 2.62 bits per heavy atom. The number of benzene rings is 2. The third kappa shape index (κ3) is 10.0. The molecule has 2 aliphatic rings. The molecule has 3 aromatic rings. The first-order chi connectivity index (χ1) is 24.3. The van der Waals surface area contributed by atoms with E-state index < -0.39 is 11.6 Å². The molecule has 10 nitrogen and oxygen atoms in total. The summed E-state index contributed by atoms with van der Waals surface area (Å²) in [7, 11) is 0. The monoisotopic (exact) mass is 688 g/mol. The molecule has 1 aliphatic heterocycles. The Morgan fingerprint density at radius 1 is 1.10 bits per heavy atom. The van der Waals surface area contributed by atoms with Gasteiger partial charge in [-0.25, -0.2) is 4.79 Å². The highest BCUT2D eigenvalue weighted by Crippen LogP contribution is 2.40. The number of aliphatic hydroxyl groups is 1. The number of phenolic OH excluding ortho intramolecular Hbond substituents is 1. The van der Waals surface area contributed by atoms with Crippen molar-refractivity contribution in [1.82, 2.24) is 15.2 Å². The van der Waals surface area contributed by atoms with Gasteiger partial charge in [0.15, 0.2) is 5.60 Å². The van der Waals surface area contributed by atoms with Crippen molar-refractivity contribution in [3.63, 3.8) is 0 Å². The van der Waals surface area contributed by atoms with Crippen molar-refractivity contribution in [1.29, 1.82) is 0 Å². The van der Waals surface area contributed by atoms with Crippen LogP contribution in [0.5, 0.6) is 5.75 Å². The van der Waals surface area contributed by atoms with E-state index in [4.69, 9.17) is 15.2 Å². The molecule has 1 aliphatic carbocycles. The maximum Gasteiger partial charge on any atom is 0.343 e. The minimum absolute atomic E-state index is 0.0315. The zero-order valence-electron chi connectivity index (χ0n) is 29.6. The number of piperidine rings is 1. The predicted molar refractivity (Wildman–Crippen MR) is 197 cm³/mol. The van der Waals surface area contributed by atoms with E-state index in [1.165, 1.54) is 11.6 Å². The summed E-state index contributed by atoms with van der Waals surface area (Å²) in [5.41, 5.74) is 7.50. The minimum Gasteiger partial charge on any atom is -0.506 e. The van der Waals surface area contributed by atoms with Crippen LogP contribution in [0.15, 0.2) is 71.0 Å². The molecule has 6 N–H and O–H groups in total. The molecule has 0 spiro atoms. The molecule has 1 aromatic heterocycles. The van der Waals surface area contributed by atoms with Crippen molar-refractivity contribution in [2.75, 3.05) is 52.5 Å². The number of fused-ring (bicyclic) bond motifs is 1. The zero-order chi connectivity index (χ0) is 35.3. The summed E-state index contributed by atoms with van der Waals surface area (Å²) in [5.74, 6) is -0.241. The maximum atomic E-state index is 13.4. The van der Waals surface area contributed by atoms with Crippen LogP contribution in [0.4, 0.5) is 0 Å². The Labute approximate surface area is 296 Å². The number of H-pyrrole nitrogens is 1. The molecule has 0 amide bonds. The number of nitrogens with zero attached hydrogens (tertiary/aromatic N) is 1. The van der Waals surface area contributed by atoms with Gasteiger partial charge in [-0.15, -0.1) is 0 Å². The highest BCUT2D eigenvalue weighted by molar-refractivity contribution is 5.87. The van der Waals surface area contributed by atoms with E-state index in [-0.39, 0.29) is 23.3 Å². The Kier molecular flexibility index (Phi) is 14.0. The Bertz CT molecular complexity index is 1600. The van der Waals surface area contributed by atoms with Crippen LogP contribution in [0.25, 0.3) is 10.9 Å². The predicted octanol–water partition coefficient (Wildman–Crippen LogP) is 5.29. The van der Waals surface area contributed by atoms with E-state index in [0.29, 0.717) is 48.9 Å². The van der Waals surface area contributed by atoms with Crippen molar-refractivity contribution in [2.45, 2.75) is 76.4 Å². The van der Waals surface area contributed by atoms with Crippen LogP contribution in [-0.4, -0.2) is 78.6 Å². The molecule has 50 heavy (non-hydrogen) atoms. The molecular formula is C40H56N4O6. The fraction of sp³-hybridized carbons (Fsp3) is 0.550. The lowest BCUT2D eigenvalue weighted by atomic mass is 9.73. The van der Waals surface area contributed by atoms with Crippen molar-refractivity contribution in [3.05, 3.63) is 87.7 Å². The molecule has 5 rings (SSSR count). The van der Waals surface area contributed by atoms with Gasteiger partial charge in [0.2, 0.25) is 5.56 Å². The number of ether oxygens (including phenoxy) is 2. The van der Waals surface area contributed by atoms with Crippen LogP contribution in [0, 0.1) is 11.8 Å². The molecule has 2 aromatic carbocycles. The van der Waals surface area contributed by atoms with E-state index in [9.17, 15) is 19.8 Å². The number of nitrogens with two attached hydrogens (primary N) is 1. The number of carbonyl (C=O) groups excluding carboxylic acids is 1. The number of para-hydroxylation sites is 1. The second-order valence-electron chi connectivity index (χ2n) is 14.2. The van der Waals surface area contributed by atoms with Gasteiger partial charge in [-0.1, -0.05) is 73.4 Å². The summed E-state index contributed by atoms with van der Waals surface area (Å²) in [5, 5.41) is 26.0. The molecule has 1 saturated heterocycles. The number of pyridine rings is 1. The first-order valence-electron chi connectivity index (χ1n) is 18.5. The normalized spacial score (nSPS) is 18.6. The highest BCUT2D eigenvalue weighted by atomic mass is 16.5. The number of rotatable bonds is 17.